The fourth-order valence-corrected chi connectivity index (χ4v) is 3.80. The van der Waals surface area contributed by atoms with Gasteiger partial charge in [0, 0.05) is 17.3 Å². The molecule has 0 fully saturated rings. The normalized spacial score (nSPS) is 12.2. The lowest BCUT2D eigenvalue weighted by Crippen LogP contribution is -2.10. The number of thioether (sulfide) groups is 1. The SMILES string of the molecule is C[C@H](Oc1ccc(Br)cc1)c1nnc(SCc2ccc(Cl)c(Cl)c2)n1C. The molecule has 0 unspecified atom stereocenters. The summed E-state index contributed by atoms with van der Waals surface area (Å²) in [5.41, 5.74) is 1.08. The van der Waals surface area contributed by atoms with Crippen LogP contribution in [0.1, 0.15) is 24.4 Å². The molecule has 0 aliphatic carbocycles. The van der Waals surface area contributed by atoms with Gasteiger partial charge in [-0.2, -0.15) is 0 Å². The molecule has 0 amide bonds. The average molecular weight is 473 g/mol. The predicted octanol–water partition coefficient (Wildman–Crippen LogP) is 6.32. The van der Waals surface area contributed by atoms with Gasteiger partial charge in [-0.25, -0.2) is 0 Å². The second kappa shape index (κ2) is 8.65. The van der Waals surface area contributed by atoms with Crippen LogP contribution >= 0.6 is 50.9 Å². The predicted molar refractivity (Wildman–Crippen MR) is 110 cm³/mol. The molecule has 3 aromatic rings. The topological polar surface area (TPSA) is 39.9 Å². The van der Waals surface area contributed by atoms with Gasteiger partial charge in [0.1, 0.15) is 5.75 Å². The molecule has 0 spiro atoms. The molecule has 136 valence electrons. The Labute approximate surface area is 175 Å². The lowest BCUT2D eigenvalue weighted by molar-refractivity contribution is 0.211. The molecule has 0 saturated heterocycles. The molecular formula is C18H16BrCl2N3OS. The number of nitrogens with zero attached hydrogens (tertiary/aromatic N) is 3. The molecule has 0 aliphatic rings. The van der Waals surface area contributed by atoms with Crippen LogP contribution < -0.4 is 4.74 Å². The minimum atomic E-state index is -0.215. The van der Waals surface area contributed by atoms with Crippen molar-refractivity contribution in [2.45, 2.75) is 23.9 Å². The van der Waals surface area contributed by atoms with E-state index in [1.165, 1.54) is 0 Å². The highest BCUT2D eigenvalue weighted by molar-refractivity contribution is 9.10. The quantitative estimate of drug-likeness (QED) is 0.393. The smallest absolute Gasteiger partial charge is 0.191 e. The summed E-state index contributed by atoms with van der Waals surface area (Å²) in [4.78, 5) is 0. The van der Waals surface area contributed by atoms with Crippen molar-refractivity contribution < 1.29 is 4.74 Å². The molecule has 1 heterocycles. The van der Waals surface area contributed by atoms with E-state index in [-0.39, 0.29) is 6.10 Å². The summed E-state index contributed by atoms with van der Waals surface area (Å²) in [6.07, 6.45) is -0.215. The van der Waals surface area contributed by atoms with Gasteiger partial charge in [-0.05, 0) is 48.9 Å². The fourth-order valence-electron chi connectivity index (χ4n) is 2.35. The maximum absolute atomic E-state index is 6.07. The Balaban J connectivity index is 1.66. The van der Waals surface area contributed by atoms with Crippen molar-refractivity contribution in [3.63, 3.8) is 0 Å². The summed E-state index contributed by atoms with van der Waals surface area (Å²) < 4.78 is 8.92. The van der Waals surface area contributed by atoms with Gasteiger partial charge in [-0.15, -0.1) is 10.2 Å². The Morgan fingerprint density at radius 1 is 1.12 bits per heavy atom. The van der Waals surface area contributed by atoms with Crippen LogP contribution in [0.5, 0.6) is 5.75 Å². The Morgan fingerprint density at radius 3 is 2.54 bits per heavy atom. The monoisotopic (exact) mass is 471 g/mol. The zero-order chi connectivity index (χ0) is 18.7. The van der Waals surface area contributed by atoms with E-state index >= 15 is 0 Å². The van der Waals surface area contributed by atoms with E-state index in [1.807, 2.05) is 54.9 Å². The second-order valence-electron chi connectivity index (χ2n) is 5.65. The van der Waals surface area contributed by atoms with Crippen molar-refractivity contribution in [1.82, 2.24) is 14.8 Å². The van der Waals surface area contributed by atoms with Crippen molar-refractivity contribution >= 4 is 50.9 Å². The summed E-state index contributed by atoms with van der Waals surface area (Å²) in [7, 11) is 1.94. The molecule has 1 atom stereocenters. The lowest BCUT2D eigenvalue weighted by atomic mass is 10.2. The minimum absolute atomic E-state index is 0.215. The number of aromatic nitrogens is 3. The van der Waals surface area contributed by atoms with E-state index in [0.29, 0.717) is 10.0 Å². The lowest BCUT2D eigenvalue weighted by Gasteiger charge is -2.14. The van der Waals surface area contributed by atoms with Gasteiger partial charge in [0.15, 0.2) is 17.1 Å². The van der Waals surface area contributed by atoms with E-state index in [1.54, 1.807) is 17.8 Å². The van der Waals surface area contributed by atoms with Gasteiger partial charge in [-0.3, -0.25) is 0 Å². The highest BCUT2D eigenvalue weighted by atomic mass is 79.9. The third-order valence-corrected chi connectivity index (χ3v) is 6.07. The Hall–Kier alpha value is -1.21. The number of halogens is 3. The molecule has 0 N–H and O–H groups in total. The summed E-state index contributed by atoms with van der Waals surface area (Å²) >= 11 is 17.0. The van der Waals surface area contributed by atoms with Crippen LogP contribution in [0.25, 0.3) is 0 Å². The molecule has 1 aromatic heterocycles. The molecule has 4 nitrogen and oxygen atoms in total. The van der Waals surface area contributed by atoms with Crippen molar-refractivity contribution in [2.75, 3.05) is 0 Å². The van der Waals surface area contributed by atoms with Crippen molar-refractivity contribution in [3.8, 4) is 5.75 Å². The summed E-state index contributed by atoms with van der Waals surface area (Å²) in [6, 6.07) is 13.3. The van der Waals surface area contributed by atoms with Crippen LogP contribution in [0.2, 0.25) is 10.0 Å². The zero-order valence-corrected chi connectivity index (χ0v) is 18.0. The van der Waals surface area contributed by atoms with Crippen molar-refractivity contribution in [1.29, 1.82) is 0 Å². The molecule has 2 aromatic carbocycles. The first-order chi connectivity index (χ1) is 12.4. The first-order valence-corrected chi connectivity index (χ1v) is 10.4. The van der Waals surface area contributed by atoms with Crippen LogP contribution in [-0.4, -0.2) is 14.8 Å². The molecular weight excluding hydrogens is 457 g/mol. The highest BCUT2D eigenvalue weighted by Gasteiger charge is 2.17. The van der Waals surface area contributed by atoms with E-state index in [4.69, 9.17) is 27.9 Å². The number of hydrogen-bond donors (Lipinski definition) is 0. The van der Waals surface area contributed by atoms with E-state index in [2.05, 4.69) is 26.1 Å². The Morgan fingerprint density at radius 2 is 1.85 bits per heavy atom. The van der Waals surface area contributed by atoms with Crippen LogP contribution in [-0.2, 0) is 12.8 Å². The maximum Gasteiger partial charge on any atom is 0.191 e. The number of rotatable bonds is 6. The van der Waals surface area contributed by atoms with Crippen LogP contribution in [0.3, 0.4) is 0 Å². The number of hydrogen-bond acceptors (Lipinski definition) is 4. The average Bonchev–Trinajstić information content (AvgIpc) is 2.99. The van der Waals surface area contributed by atoms with E-state index in [9.17, 15) is 0 Å². The first-order valence-electron chi connectivity index (χ1n) is 7.82. The Bertz CT molecular complexity index is 902. The molecule has 0 radical (unpaired) electrons. The largest absolute Gasteiger partial charge is 0.483 e. The van der Waals surface area contributed by atoms with Crippen molar-refractivity contribution in [3.05, 3.63) is 68.4 Å². The Kier molecular flexibility index (Phi) is 6.51. The standard InChI is InChI=1S/C18H16BrCl2N3OS/c1-11(25-14-6-4-13(19)5-7-14)17-22-23-18(24(17)2)26-10-12-3-8-15(20)16(21)9-12/h3-9,11H,10H2,1-2H3/t11-/m0/s1. The first kappa shape index (κ1) is 19.5. The highest BCUT2D eigenvalue weighted by Crippen LogP contribution is 2.28. The summed E-state index contributed by atoms with van der Waals surface area (Å²) in [6.45, 7) is 1.96. The van der Waals surface area contributed by atoms with Gasteiger partial charge in [0.2, 0.25) is 0 Å². The second-order valence-corrected chi connectivity index (χ2v) is 8.32. The van der Waals surface area contributed by atoms with Gasteiger partial charge in [0.05, 0.1) is 10.0 Å². The van der Waals surface area contributed by atoms with Crippen LogP contribution in [0, 0.1) is 0 Å². The summed E-state index contributed by atoms with van der Waals surface area (Å²) in [5, 5.41) is 10.5. The third kappa shape index (κ3) is 4.74. The van der Waals surface area contributed by atoms with E-state index in [0.717, 1.165) is 32.5 Å². The number of ether oxygens (including phenoxy) is 1. The molecule has 0 bridgehead atoms. The fraction of sp³-hybridized carbons (Fsp3) is 0.222. The van der Waals surface area contributed by atoms with Crippen LogP contribution in [0.15, 0.2) is 52.1 Å². The zero-order valence-electron chi connectivity index (χ0n) is 14.1. The van der Waals surface area contributed by atoms with Gasteiger partial charge in [0.25, 0.3) is 0 Å². The van der Waals surface area contributed by atoms with Gasteiger partial charge < -0.3 is 9.30 Å². The van der Waals surface area contributed by atoms with Crippen LogP contribution in [0.4, 0.5) is 0 Å². The van der Waals surface area contributed by atoms with Gasteiger partial charge in [-0.1, -0.05) is 57.0 Å². The molecule has 26 heavy (non-hydrogen) atoms. The summed E-state index contributed by atoms with van der Waals surface area (Å²) in [5.74, 6) is 2.28. The van der Waals surface area contributed by atoms with Crippen molar-refractivity contribution in [2.24, 2.45) is 7.05 Å². The molecule has 3 rings (SSSR count). The molecule has 8 heteroatoms. The number of benzene rings is 2. The van der Waals surface area contributed by atoms with Gasteiger partial charge >= 0.3 is 0 Å². The molecule has 0 aliphatic heterocycles. The minimum Gasteiger partial charge on any atom is -0.483 e. The third-order valence-electron chi connectivity index (χ3n) is 3.71. The van der Waals surface area contributed by atoms with E-state index < -0.39 is 0 Å². The molecule has 0 saturated carbocycles. The maximum atomic E-state index is 6.07.